The molecule has 2 rings (SSSR count). The first kappa shape index (κ1) is 15.1. The molecular formula is C13H15FN2O2S. The molecule has 0 unspecified atom stereocenters. The fraction of sp³-hybridized carbons (Fsp3) is 0.0769. The number of rotatable bonds is 1. The summed E-state index contributed by atoms with van der Waals surface area (Å²) in [5.74, 6) is -0.287. The summed E-state index contributed by atoms with van der Waals surface area (Å²) in [6.45, 7) is 1.71. The van der Waals surface area contributed by atoms with E-state index in [0.717, 1.165) is 0 Å². The molecule has 2 aromatic rings. The molecule has 0 aliphatic carbocycles. The predicted molar refractivity (Wildman–Crippen MR) is 73.4 cm³/mol. The molecule has 0 aromatic heterocycles. The Hall–Kier alpha value is -1.92. The minimum Gasteiger partial charge on any atom is -0.399 e. The molecule has 0 amide bonds. The monoisotopic (exact) mass is 282 g/mol. The van der Waals surface area contributed by atoms with Crippen molar-refractivity contribution in [3.8, 4) is 0 Å². The Morgan fingerprint density at radius 1 is 1.05 bits per heavy atom. The van der Waals surface area contributed by atoms with Gasteiger partial charge in [0.15, 0.2) is 0 Å². The van der Waals surface area contributed by atoms with Crippen LogP contribution in [0.1, 0.15) is 5.56 Å². The fourth-order valence-electron chi connectivity index (χ4n) is 1.38. The van der Waals surface area contributed by atoms with Gasteiger partial charge in [0.05, 0.1) is 4.90 Å². The largest absolute Gasteiger partial charge is 0.399 e. The zero-order valence-electron chi connectivity index (χ0n) is 10.4. The summed E-state index contributed by atoms with van der Waals surface area (Å²) in [4.78, 5) is 0.194. The van der Waals surface area contributed by atoms with E-state index in [4.69, 9.17) is 10.9 Å². The van der Waals surface area contributed by atoms with Gasteiger partial charge in [-0.15, -0.1) is 0 Å². The van der Waals surface area contributed by atoms with Crippen LogP contribution in [0.4, 0.5) is 10.1 Å². The molecule has 0 heterocycles. The minimum atomic E-state index is -3.53. The molecule has 0 fully saturated rings. The van der Waals surface area contributed by atoms with Crippen LogP contribution in [0.15, 0.2) is 53.4 Å². The summed E-state index contributed by atoms with van der Waals surface area (Å²) < 4.78 is 33.8. The van der Waals surface area contributed by atoms with E-state index in [-0.39, 0.29) is 10.7 Å². The van der Waals surface area contributed by atoms with Crippen molar-refractivity contribution < 1.29 is 12.8 Å². The zero-order chi connectivity index (χ0) is 14.5. The average Bonchev–Trinajstić information content (AvgIpc) is 2.28. The van der Waals surface area contributed by atoms with Crippen molar-refractivity contribution in [2.45, 2.75) is 11.8 Å². The van der Waals surface area contributed by atoms with Crippen LogP contribution in [-0.2, 0) is 10.0 Å². The van der Waals surface area contributed by atoms with Gasteiger partial charge in [0, 0.05) is 5.69 Å². The van der Waals surface area contributed by atoms with Crippen molar-refractivity contribution in [1.82, 2.24) is 0 Å². The Morgan fingerprint density at radius 2 is 1.68 bits per heavy atom. The smallest absolute Gasteiger partial charge is 0.238 e. The first-order valence-corrected chi connectivity index (χ1v) is 6.95. The van der Waals surface area contributed by atoms with Crippen molar-refractivity contribution in [3.63, 3.8) is 0 Å². The Labute approximate surface area is 111 Å². The molecule has 0 aliphatic rings. The zero-order valence-corrected chi connectivity index (χ0v) is 11.2. The topological polar surface area (TPSA) is 86.2 Å². The lowest BCUT2D eigenvalue weighted by atomic mass is 10.2. The summed E-state index contributed by atoms with van der Waals surface area (Å²) in [5, 5.41) is 4.93. The number of nitrogens with two attached hydrogens (primary N) is 2. The number of hydrogen-bond acceptors (Lipinski definition) is 3. The van der Waals surface area contributed by atoms with Crippen LogP contribution in [0.2, 0.25) is 0 Å². The van der Waals surface area contributed by atoms with Crippen molar-refractivity contribution >= 4 is 15.7 Å². The van der Waals surface area contributed by atoms with Crippen LogP contribution in [0, 0.1) is 12.7 Å². The Morgan fingerprint density at radius 3 is 2.05 bits per heavy atom. The molecule has 4 nitrogen and oxygen atoms in total. The quantitative estimate of drug-likeness (QED) is 0.785. The summed E-state index contributed by atoms with van der Waals surface area (Å²) in [5.41, 5.74) is 6.36. The number of primary sulfonamides is 1. The molecule has 6 heteroatoms. The number of halogens is 1. The van der Waals surface area contributed by atoms with Crippen molar-refractivity contribution in [2.24, 2.45) is 5.14 Å². The SMILES string of the molecule is Cc1ccccc1S(N)(=O)=O.Nc1cccc(F)c1. The Bertz CT molecular complexity index is 640. The third-order valence-corrected chi connectivity index (χ3v) is 3.32. The van der Waals surface area contributed by atoms with Gasteiger partial charge in [-0.3, -0.25) is 0 Å². The van der Waals surface area contributed by atoms with Gasteiger partial charge in [-0.05, 0) is 36.8 Å². The molecule has 0 saturated heterocycles. The van der Waals surface area contributed by atoms with E-state index in [0.29, 0.717) is 11.3 Å². The average molecular weight is 282 g/mol. The van der Waals surface area contributed by atoms with E-state index in [1.54, 1.807) is 37.3 Å². The van der Waals surface area contributed by atoms with Gasteiger partial charge in [0.25, 0.3) is 0 Å². The molecule has 102 valence electrons. The highest BCUT2D eigenvalue weighted by atomic mass is 32.2. The second-order valence-corrected chi connectivity index (χ2v) is 5.40. The minimum absolute atomic E-state index is 0.194. The van der Waals surface area contributed by atoms with Crippen LogP contribution in [0.3, 0.4) is 0 Å². The maximum absolute atomic E-state index is 12.1. The van der Waals surface area contributed by atoms with E-state index >= 15 is 0 Å². The fourth-order valence-corrected chi connectivity index (χ4v) is 2.17. The highest BCUT2D eigenvalue weighted by Gasteiger charge is 2.08. The van der Waals surface area contributed by atoms with Gasteiger partial charge in [0.1, 0.15) is 5.82 Å². The van der Waals surface area contributed by atoms with Crippen LogP contribution in [0.25, 0.3) is 0 Å². The third-order valence-electron chi connectivity index (χ3n) is 2.25. The molecule has 0 radical (unpaired) electrons. The number of sulfonamides is 1. The predicted octanol–water partition coefficient (Wildman–Crippen LogP) is 2.05. The molecule has 19 heavy (non-hydrogen) atoms. The van der Waals surface area contributed by atoms with Crippen LogP contribution in [-0.4, -0.2) is 8.42 Å². The van der Waals surface area contributed by atoms with Crippen LogP contribution in [0.5, 0.6) is 0 Å². The number of nitrogen functional groups attached to an aromatic ring is 1. The Balaban J connectivity index is 0.000000200. The van der Waals surface area contributed by atoms with Crippen molar-refractivity contribution in [2.75, 3.05) is 5.73 Å². The highest BCUT2D eigenvalue weighted by molar-refractivity contribution is 7.89. The first-order chi connectivity index (χ1) is 8.80. The number of benzene rings is 2. The van der Waals surface area contributed by atoms with E-state index in [1.165, 1.54) is 18.2 Å². The van der Waals surface area contributed by atoms with Gasteiger partial charge < -0.3 is 5.73 Å². The van der Waals surface area contributed by atoms with E-state index in [2.05, 4.69) is 0 Å². The number of anilines is 1. The normalized spacial score (nSPS) is 10.5. The third kappa shape index (κ3) is 5.07. The first-order valence-electron chi connectivity index (χ1n) is 5.40. The van der Waals surface area contributed by atoms with E-state index in [9.17, 15) is 12.8 Å². The van der Waals surface area contributed by atoms with Gasteiger partial charge in [-0.1, -0.05) is 24.3 Å². The highest BCUT2D eigenvalue weighted by Crippen LogP contribution is 2.11. The van der Waals surface area contributed by atoms with E-state index < -0.39 is 10.0 Å². The maximum atomic E-state index is 12.1. The summed E-state index contributed by atoms with van der Waals surface area (Å²) >= 11 is 0. The number of aryl methyl sites for hydroxylation is 1. The molecule has 4 N–H and O–H groups in total. The second-order valence-electron chi connectivity index (χ2n) is 3.87. The summed E-state index contributed by atoms with van der Waals surface area (Å²) in [6, 6.07) is 12.5. The number of hydrogen-bond donors (Lipinski definition) is 2. The lowest BCUT2D eigenvalue weighted by molar-refractivity contribution is 0.597. The molecular weight excluding hydrogens is 267 g/mol. The Kier molecular flexibility index (Phi) is 5.02. The second kappa shape index (κ2) is 6.31. The van der Waals surface area contributed by atoms with Crippen molar-refractivity contribution in [3.05, 3.63) is 59.9 Å². The van der Waals surface area contributed by atoms with Gasteiger partial charge in [-0.25, -0.2) is 17.9 Å². The van der Waals surface area contributed by atoms with Crippen LogP contribution >= 0.6 is 0 Å². The summed E-state index contributed by atoms with van der Waals surface area (Å²) in [6.07, 6.45) is 0. The molecule has 0 spiro atoms. The maximum Gasteiger partial charge on any atom is 0.238 e. The van der Waals surface area contributed by atoms with Crippen LogP contribution < -0.4 is 10.9 Å². The molecule has 0 saturated carbocycles. The lowest BCUT2D eigenvalue weighted by Crippen LogP contribution is -2.13. The standard InChI is InChI=1S/C7H9NO2S.C6H6FN/c1-6-4-2-3-5-7(6)11(8,9)10;7-5-2-1-3-6(8)4-5/h2-5H,1H3,(H2,8,9,10);1-4H,8H2. The van der Waals surface area contributed by atoms with Gasteiger partial charge in [-0.2, -0.15) is 0 Å². The molecule has 2 aromatic carbocycles. The molecule has 0 atom stereocenters. The van der Waals surface area contributed by atoms with Gasteiger partial charge >= 0.3 is 0 Å². The molecule has 0 aliphatic heterocycles. The molecule has 0 bridgehead atoms. The summed E-state index contributed by atoms with van der Waals surface area (Å²) in [7, 11) is -3.53. The van der Waals surface area contributed by atoms with Gasteiger partial charge in [0.2, 0.25) is 10.0 Å². The lowest BCUT2D eigenvalue weighted by Gasteiger charge is -2.00. The van der Waals surface area contributed by atoms with E-state index in [1.807, 2.05) is 0 Å². The van der Waals surface area contributed by atoms with Crippen molar-refractivity contribution in [1.29, 1.82) is 0 Å².